The van der Waals surface area contributed by atoms with Gasteiger partial charge in [-0.25, -0.2) is 4.98 Å². The van der Waals surface area contributed by atoms with Crippen LogP contribution in [0.15, 0.2) is 47.5 Å². The number of fused-ring (bicyclic) bond motifs is 1. The van der Waals surface area contributed by atoms with Crippen molar-refractivity contribution in [2.45, 2.75) is 39.1 Å². The number of aromatic nitrogens is 1. The number of amides is 2. The normalized spacial score (nSPS) is 10.8. The number of thioether (sulfide) groups is 1. The van der Waals surface area contributed by atoms with Crippen molar-refractivity contribution in [3.63, 3.8) is 0 Å². The van der Waals surface area contributed by atoms with Gasteiger partial charge in [-0.1, -0.05) is 36.9 Å². The molecule has 2 amide bonds. The van der Waals surface area contributed by atoms with E-state index in [2.05, 4.69) is 49.6 Å². The van der Waals surface area contributed by atoms with E-state index in [1.165, 1.54) is 29.8 Å². The summed E-state index contributed by atoms with van der Waals surface area (Å²) in [6.45, 7) is 7.72. The highest BCUT2D eigenvalue weighted by atomic mass is 32.2. The number of anilines is 2. The lowest BCUT2D eigenvalue weighted by atomic mass is 10.0. The van der Waals surface area contributed by atoms with Gasteiger partial charge in [-0.15, -0.1) is 0 Å². The lowest BCUT2D eigenvalue weighted by Gasteiger charge is -2.12. The smallest absolute Gasteiger partial charge is 0.234 e. The summed E-state index contributed by atoms with van der Waals surface area (Å²) in [5.41, 5.74) is 5.82. The number of hydrogen-bond donors (Lipinski definition) is 2. The lowest BCUT2D eigenvalue weighted by Crippen LogP contribution is -2.15. The minimum Gasteiger partial charge on any atom is -0.326 e. The zero-order chi connectivity index (χ0) is 21.0. The Balaban J connectivity index is 1.73. The Hall–Kier alpha value is -2.86. The van der Waals surface area contributed by atoms with Crippen LogP contribution >= 0.6 is 11.8 Å². The third-order valence-corrected chi connectivity index (χ3v) is 5.77. The molecule has 0 saturated heterocycles. The van der Waals surface area contributed by atoms with E-state index >= 15 is 0 Å². The molecule has 1 heterocycles. The molecule has 3 aromatic rings. The molecule has 3 rings (SSSR count). The molecule has 6 heteroatoms. The van der Waals surface area contributed by atoms with Gasteiger partial charge in [0.25, 0.3) is 0 Å². The Labute approximate surface area is 175 Å². The maximum Gasteiger partial charge on any atom is 0.234 e. The molecule has 5 nitrogen and oxygen atoms in total. The number of carbonyl (C=O) groups is 2. The maximum absolute atomic E-state index is 12.5. The molecule has 0 spiro atoms. The largest absolute Gasteiger partial charge is 0.326 e. The van der Waals surface area contributed by atoms with Crippen LogP contribution in [-0.4, -0.2) is 22.6 Å². The van der Waals surface area contributed by atoms with Crippen molar-refractivity contribution in [2.75, 3.05) is 16.4 Å². The van der Waals surface area contributed by atoms with Crippen molar-refractivity contribution in [3.05, 3.63) is 59.2 Å². The second kappa shape index (κ2) is 9.09. The van der Waals surface area contributed by atoms with Gasteiger partial charge in [0.15, 0.2) is 0 Å². The second-order valence-corrected chi connectivity index (χ2v) is 7.95. The van der Waals surface area contributed by atoms with E-state index in [1.807, 2.05) is 0 Å². The summed E-state index contributed by atoms with van der Waals surface area (Å²) >= 11 is 1.45. The SMILES string of the molecule is CCc1cc2ccc(C)c(C)c2nc1SCC(=O)Nc1cccc(NC(C)=O)c1. The molecule has 150 valence electrons. The van der Waals surface area contributed by atoms with Crippen LogP contribution in [0.1, 0.15) is 30.5 Å². The second-order valence-electron chi connectivity index (χ2n) is 6.98. The number of carbonyl (C=O) groups excluding carboxylic acids is 2. The van der Waals surface area contributed by atoms with Crippen molar-refractivity contribution in [2.24, 2.45) is 0 Å². The fourth-order valence-corrected chi connectivity index (χ4v) is 3.98. The molecular weight excluding hydrogens is 382 g/mol. The van der Waals surface area contributed by atoms with E-state index in [1.54, 1.807) is 24.3 Å². The van der Waals surface area contributed by atoms with Crippen LogP contribution in [0.3, 0.4) is 0 Å². The van der Waals surface area contributed by atoms with Crippen molar-refractivity contribution in [1.82, 2.24) is 4.98 Å². The molecule has 2 N–H and O–H groups in total. The summed E-state index contributed by atoms with van der Waals surface area (Å²) in [6.07, 6.45) is 0.860. The van der Waals surface area contributed by atoms with Gasteiger partial charge in [-0.3, -0.25) is 9.59 Å². The van der Waals surface area contributed by atoms with Crippen LogP contribution in [0.4, 0.5) is 11.4 Å². The van der Waals surface area contributed by atoms with Crippen LogP contribution in [0.2, 0.25) is 0 Å². The van der Waals surface area contributed by atoms with E-state index in [4.69, 9.17) is 4.98 Å². The molecule has 2 aromatic carbocycles. The first-order valence-electron chi connectivity index (χ1n) is 9.57. The Morgan fingerprint density at radius 2 is 1.76 bits per heavy atom. The summed E-state index contributed by atoms with van der Waals surface area (Å²) < 4.78 is 0. The van der Waals surface area contributed by atoms with Crippen molar-refractivity contribution < 1.29 is 9.59 Å². The summed E-state index contributed by atoms with van der Waals surface area (Å²) in [4.78, 5) is 28.5. The Morgan fingerprint density at radius 1 is 1.03 bits per heavy atom. The van der Waals surface area contributed by atoms with Gasteiger partial charge in [-0.2, -0.15) is 0 Å². The van der Waals surface area contributed by atoms with Crippen LogP contribution in [0.25, 0.3) is 10.9 Å². The fourth-order valence-electron chi connectivity index (χ4n) is 3.10. The summed E-state index contributed by atoms with van der Waals surface area (Å²) in [6, 6.07) is 13.5. The number of nitrogens with one attached hydrogen (secondary N) is 2. The van der Waals surface area contributed by atoms with Crippen molar-refractivity contribution in [1.29, 1.82) is 0 Å². The van der Waals surface area contributed by atoms with Crippen LogP contribution < -0.4 is 10.6 Å². The van der Waals surface area contributed by atoms with E-state index in [-0.39, 0.29) is 17.6 Å². The van der Waals surface area contributed by atoms with Gasteiger partial charge < -0.3 is 10.6 Å². The Morgan fingerprint density at radius 3 is 2.45 bits per heavy atom. The number of rotatable bonds is 6. The molecule has 0 bridgehead atoms. The van der Waals surface area contributed by atoms with Gasteiger partial charge in [0.2, 0.25) is 11.8 Å². The van der Waals surface area contributed by atoms with Gasteiger partial charge in [0.1, 0.15) is 5.03 Å². The van der Waals surface area contributed by atoms with Crippen LogP contribution in [0.5, 0.6) is 0 Å². The standard InChI is InChI=1S/C23H25N3O2S/c1-5-17-11-18-10-9-14(2)15(3)22(18)26-23(17)29-13-21(28)25-20-8-6-7-19(12-20)24-16(4)27/h6-12H,5,13H2,1-4H3,(H,24,27)(H,25,28). The van der Waals surface area contributed by atoms with Crippen molar-refractivity contribution >= 4 is 45.9 Å². The van der Waals surface area contributed by atoms with Gasteiger partial charge in [0, 0.05) is 23.7 Å². The minimum atomic E-state index is -0.149. The molecule has 0 aliphatic heterocycles. The van der Waals surface area contributed by atoms with Crippen LogP contribution in [0, 0.1) is 13.8 Å². The van der Waals surface area contributed by atoms with Gasteiger partial charge in [-0.05, 0) is 61.2 Å². The quantitative estimate of drug-likeness (QED) is 0.558. The first-order valence-corrected chi connectivity index (χ1v) is 10.6. The van der Waals surface area contributed by atoms with E-state index in [9.17, 15) is 9.59 Å². The highest BCUT2D eigenvalue weighted by Gasteiger charge is 2.12. The van der Waals surface area contributed by atoms with Gasteiger partial charge in [0.05, 0.1) is 11.3 Å². The zero-order valence-electron chi connectivity index (χ0n) is 17.1. The lowest BCUT2D eigenvalue weighted by molar-refractivity contribution is -0.114. The predicted octanol–water partition coefficient (Wildman–Crippen LogP) is 5.10. The average Bonchev–Trinajstić information content (AvgIpc) is 2.68. The Bertz CT molecular complexity index is 1080. The van der Waals surface area contributed by atoms with E-state index in [0.717, 1.165) is 27.9 Å². The topological polar surface area (TPSA) is 71.1 Å². The molecule has 0 aliphatic rings. The average molecular weight is 408 g/mol. The van der Waals surface area contributed by atoms with Crippen LogP contribution in [-0.2, 0) is 16.0 Å². The van der Waals surface area contributed by atoms with Crippen molar-refractivity contribution in [3.8, 4) is 0 Å². The summed E-state index contributed by atoms with van der Waals surface area (Å²) in [5.74, 6) is 0.00436. The number of nitrogens with zero attached hydrogens (tertiary/aromatic N) is 1. The van der Waals surface area contributed by atoms with E-state index < -0.39 is 0 Å². The monoisotopic (exact) mass is 407 g/mol. The predicted molar refractivity (Wildman–Crippen MR) is 121 cm³/mol. The summed E-state index contributed by atoms with van der Waals surface area (Å²) in [7, 11) is 0. The molecule has 0 saturated carbocycles. The molecule has 0 atom stereocenters. The third-order valence-electron chi connectivity index (χ3n) is 4.74. The molecule has 0 fully saturated rings. The molecule has 0 radical (unpaired) electrons. The zero-order valence-corrected chi connectivity index (χ0v) is 17.9. The summed E-state index contributed by atoms with van der Waals surface area (Å²) in [5, 5.41) is 7.63. The first-order chi connectivity index (χ1) is 13.9. The van der Waals surface area contributed by atoms with E-state index in [0.29, 0.717) is 11.4 Å². The number of benzene rings is 2. The molecule has 0 unspecified atom stereocenters. The number of pyridine rings is 1. The highest BCUT2D eigenvalue weighted by Crippen LogP contribution is 2.28. The first kappa shape index (κ1) is 20.9. The fraction of sp³-hybridized carbons (Fsp3) is 0.261. The highest BCUT2D eigenvalue weighted by molar-refractivity contribution is 8.00. The minimum absolute atomic E-state index is 0.111. The number of aryl methyl sites for hydroxylation is 3. The maximum atomic E-state index is 12.5. The third kappa shape index (κ3) is 5.15. The molecule has 0 aliphatic carbocycles. The molecular formula is C23H25N3O2S. The number of hydrogen-bond acceptors (Lipinski definition) is 4. The van der Waals surface area contributed by atoms with Gasteiger partial charge >= 0.3 is 0 Å². The molecule has 1 aromatic heterocycles. The molecule has 29 heavy (non-hydrogen) atoms. The Kier molecular flexibility index (Phi) is 6.54.